The van der Waals surface area contributed by atoms with Gasteiger partial charge in [-0.05, 0) is 111 Å². The molecule has 3 N–H and O–H groups in total. The topological polar surface area (TPSA) is 122 Å². The van der Waals surface area contributed by atoms with Crippen LogP contribution in [-0.4, -0.2) is 33.4 Å². The number of phenols is 1. The molecule has 7 rings (SSSR count). The van der Waals surface area contributed by atoms with Gasteiger partial charge in [0.15, 0.2) is 0 Å². The van der Waals surface area contributed by atoms with Crippen LogP contribution < -0.4 is 10.6 Å². The summed E-state index contributed by atoms with van der Waals surface area (Å²) in [5.41, 5.74) is 1.50. The van der Waals surface area contributed by atoms with Crippen molar-refractivity contribution in [2.45, 2.75) is 62.9 Å². The molecule has 43 heavy (non-hydrogen) atoms. The van der Waals surface area contributed by atoms with Gasteiger partial charge in [-0.1, -0.05) is 42.2 Å². The molecule has 4 fully saturated rings. The van der Waals surface area contributed by atoms with Crippen LogP contribution in [0.3, 0.4) is 0 Å². The van der Waals surface area contributed by atoms with Gasteiger partial charge in [0.2, 0.25) is 5.91 Å². The number of hydrogen-bond donors (Lipinski definition) is 3. The van der Waals surface area contributed by atoms with E-state index in [2.05, 4.69) is 22.5 Å². The van der Waals surface area contributed by atoms with Crippen LogP contribution in [0.25, 0.3) is 0 Å². The molecule has 3 aromatic rings. The second-order valence-corrected chi connectivity index (χ2v) is 12.5. The number of rotatable bonds is 8. The van der Waals surface area contributed by atoms with Gasteiger partial charge in [0.1, 0.15) is 17.4 Å². The molecule has 4 saturated carbocycles. The highest BCUT2D eigenvalue weighted by molar-refractivity contribution is 5.98. The molecule has 8 nitrogen and oxygen atoms in total. The first-order valence-corrected chi connectivity index (χ1v) is 15.0. The van der Waals surface area contributed by atoms with E-state index in [1.165, 1.54) is 49.6 Å². The fraction of sp³-hybridized carbons (Fsp3) is 0.371. The first kappa shape index (κ1) is 28.5. The minimum absolute atomic E-state index is 0.0873. The molecule has 0 saturated heterocycles. The number of nitro groups is 1. The fourth-order valence-corrected chi connectivity index (χ4v) is 7.70. The summed E-state index contributed by atoms with van der Waals surface area (Å²) in [6.45, 7) is 0. The standard InChI is InChI=1S/C35H35N3O5/c39-30-12-7-24(8-13-30)6-10-28-19-29(11-15-32(28)38(42)43)33(40)36-31(14-9-23-4-2-1-3-5-23)34(41)37-35-20-25-16-26(21-35)18-27(17-25)22-35/h1-5,7-8,11-13,15,19,25-27,31,39H,9,14,16-18,20-22H2,(H,36,40)(H,37,41)/t25?,26?,27?,31-,35?/m0/s1. The van der Waals surface area contributed by atoms with Crippen LogP contribution in [0, 0.1) is 39.7 Å². The van der Waals surface area contributed by atoms with Gasteiger partial charge in [0, 0.05) is 22.7 Å². The molecule has 4 aliphatic carbocycles. The molecular weight excluding hydrogens is 542 g/mol. The Hall–Kier alpha value is -4.64. The molecule has 0 aromatic heterocycles. The normalized spacial score (nSPS) is 24.0. The van der Waals surface area contributed by atoms with Crippen molar-refractivity contribution in [1.29, 1.82) is 0 Å². The molecule has 220 valence electrons. The third kappa shape index (κ3) is 6.56. The second kappa shape index (κ2) is 11.9. The molecule has 2 amide bonds. The maximum Gasteiger partial charge on any atom is 0.284 e. The molecule has 0 unspecified atom stereocenters. The van der Waals surface area contributed by atoms with E-state index in [-0.39, 0.29) is 34.0 Å². The first-order chi connectivity index (χ1) is 20.7. The van der Waals surface area contributed by atoms with Gasteiger partial charge in [-0.15, -0.1) is 0 Å². The maximum absolute atomic E-state index is 13.9. The minimum atomic E-state index is -0.762. The smallest absolute Gasteiger partial charge is 0.284 e. The van der Waals surface area contributed by atoms with Crippen LogP contribution >= 0.6 is 0 Å². The highest BCUT2D eigenvalue weighted by Crippen LogP contribution is 2.55. The molecule has 0 radical (unpaired) electrons. The summed E-state index contributed by atoms with van der Waals surface area (Å²) in [5, 5.41) is 27.6. The average Bonchev–Trinajstić information content (AvgIpc) is 2.98. The van der Waals surface area contributed by atoms with Gasteiger partial charge in [-0.25, -0.2) is 0 Å². The number of nitrogens with zero attached hydrogens (tertiary/aromatic N) is 1. The van der Waals surface area contributed by atoms with E-state index < -0.39 is 16.9 Å². The van der Waals surface area contributed by atoms with Gasteiger partial charge in [-0.3, -0.25) is 19.7 Å². The third-order valence-electron chi connectivity index (χ3n) is 9.28. The van der Waals surface area contributed by atoms with Crippen molar-refractivity contribution in [3.8, 4) is 17.6 Å². The molecule has 0 spiro atoms. The third-order valence-corrected chi connectivity index (χ3v) is 9.28. The van der Waals surface area contributed by atoms with Gasteiger partial charge >= 0.3 is 0 Å². The Labute approximate surface area is 251 Å². The summed E-state index contributed by atoms with van der Waals surface area (Å²) in [6, 6.07) is 19.3. The predicted molar refractivity (Wildman–Crippen MR) is 162 cm³/mol. The number of carbonyl (C=O) groups is 2. The Kier molecular flexibility index (Phi) is 7.90. The van der Waals surface area contributed by atoms with E-state index in [1.807, 2.05) is 30.3 Å². The number of nitro benzene ring substituents is 1. The lowest BCUT2D eigenvalue weighted by atomic mass is 9.53. The summed E-state index contributed by atoms with van der Waals surface area (Å²) in [4.78, 5) is 38.6. The lowest BCUT2D eigenvalue weighted by molar-refractivity contribution is -0.385. The van der Waals surface area contributed by atoms with Crippen molar-refractivity contribution in [3.63, 3.8) is 0 Å². The number of phenolic OH excluding ortho intramolecular Hbond substituents is 1. The number of amides is 2. The van der Waals surface area contributed by atoms with Crippen LogP contribution in [0.5, 0.6) is 5.75 Å². The van der Waals surface area contributed by atoms with Crippen LogP contribution in [0.4, 0.5) is 5.69 Å². The van der Waals surface area contributed by atoms with Crippen LogP contribution in [0.2, 0.25) is 0 Å². The zero-order valence-corrected chi connectivity index (χ0v) is 23.9. The monoisotopic (exact) mass is 577 g/mol. The summed E-state index contributed by atoms with van der Waals surface area (Å²) in [7, 11) is 0. The van der Waals surface area contributed by atoms with Crippen molar-refractivity contribution in [2.75, 3.05) is 0 Å². The van der Waals surface area contributed by atoms with E-state index in [0.29, 0.717) is 36.2 Å². The van der Waals surface area contributed by atoms with Crippen LogP contribution in [-0.2, 0) is 11.2 Å². The van der Waals surface area contributed by atoms with Crippen molar-refractivity contribution in [3.05, 3.63) is 105 Å². The van der Waals surface area contributed by atoms with Gasteiger partial charge in [0.25, 0.3) is 11.6 Å². The molecule has 8 heteroatoms. The van der Waals surface area contributed by atoms with Gasteiger partial charge in [-0.2, -0.15) is 0 Å². The Morgan fingerprint density at radius 1 is 0.930 bits per heavy atom. The molecule has 1 atom stereocenters. The van der Waals surface area contributed by atoms with Gasteiger partial charge in [0.05, 0.1) is 4.92 Å². The van der Waals surface area contributed by atoms with E-state index in [4.69, 9.17) is 0 Å². The van der Waals surface area contributed by atoms with Crippen LogP contribution in [0.1, 0.15) is 72.0 Å². The zero-order valence-electron chi connectivity index (χ0n) is 23.9. The predicted octanol–water partition coefficient (Wildman–Crippen LogP) is 5.52. The SMILES string of the molecule is O=C(N[C@@H](CCc1ccccc1)C(=O)NC12CC3CC(CC(C3)C1)C2)c1ccc([N+](=O)[O-])c(C#Cc2ccc(O)cc2)c1. The molecule has 0 aliphatic heterocycles. The summed E-state index contributed by atoms with van der Waals surface area (Å²) in [6.07, 6.45) is 7.86. The second-order valence-electron chi connectivity index (χ2n) is 12.5. The van der Waals surface area contributed by atoms with Crippen LogP contribution in [0.15, 0.2) is 72.8 Å². The van der Waals surface area contributed by atoms with Crippen molar-refractivity contribution >= 4 is 17.5 Å². The van der Waals surface area contributed by atoms with E-state index >= 15 is 0 Å². The maximum atomic E-state index is 13.9. The highest BCUT2D eigenvalue weighted by Gasteiger charge is 2.51. The summed E-state index contributed by atoms with van der Waals surface area (Å²) >= 11 is 0. The fourth-order valence-electron chi connectivity index (χ4n) is 7.70. The lowest BCUT2D eigenvalue weighted by Crippen LogP contribution is -2.62. The largest absolute Gasteiger partial charge is 0.508 e. The summed E-state index contributed by atoms with van der Waals surface area (Å²) in [5.74, 6) is 7.11. The number of carbonyl (C=O) groups excluding carboxylic acids is 2. The molecule has 4 bridgehead atoms. The number of aromatic hydroxyl groups is 1. The van der Waals surface area contributed by atoms with E-state index in [1.54, 1.807) is 12.1 Å². The number of hydrogen-bond acceptors (Lipinski definition) is 5. The number of aryl methyl sites for hydroxylation is 1. The van der Waals surface area contributed by atoms with E-state index in [9.17, 15) is 24.8 Å². The minimum Gasteiger partial charge on any atom is -0.508 e. The molecular formula is C35H35N3O5. The van der Waals surface area contributed by atoms with Crippen molar-refractivity contribution in [2.24, 2.45) is 17.8 Å². The Bertz CT molecular complexity index is 1550. The Balaban J connectivity index is 1.22. The Morgan fingerprint density at radius 2 is 1.58 bits per heavy atom. The van der Waals surface area contributed by atoms with Gasteiger partial charge < -0.3 is 15.7 Å². The molecule has 3 aromatic carbocycles. The van der Waals surface area contributed by atoms with Crippen molar-refractivity contribution in [1.82, 2.24) is 10.6 Å². The number of nitrogens with one attached hydrogen (secondary N) is 2. The highest BCUT2D eigenvalue weighted by atomic mass is 16.6. The molecule has 4 aliphatic rings. The molecule has 0 heterocycles. The van der Waals surface area contributed by atoms with E-state index in [0.717, 1.165) is 24.8 Å². The van der Waals surface area contributed by atoms with Crippen molar-refractivity contribution < 1.29 is 19.6 Å². The zero-order chi connectivity index (χ0) is 30.0. The number of benzene rings is 3. The first-order valence-electron chi connectivity index (χ1n) is 15.0. The Morgan fingerprint density at radius 3 is 2.21 bits per heavy atom. The average molecular weight is 578 g/mol. The lowest BCUT2D eigenvalue weighted by Gasteiger charge is -2.57. The quantitative estimate of drug-likeness (QED) is 0.185. The summed E-state index contributed by atoms with van der Waals surface area (Å²) < 4.78 is 0.